The number of nitrogen functional groups attached to an aromatic ring is 1. The summed E-state index contributed by atoms with van der Waals surface area (Å²) in [6.45, 7) is 3.77. The summed E-state index contributed by atoms with van der Waals surface area (Å²) in [6.07, 6.45) is 0. The van der Waals surface area contributed by atoms with Gasteiger partial charge in [-0.15, -0.1) is 0 Å². The molecule has 6 heteroatoms. The van der Waals surface area contributed by atoms with Crippen LogP contribution in [-0.4, -0.2) is 14.8 Å². The number of nitrogens with zero attached hydrogens (tertiary/aromatic N) is 2. The number of aryl methyl sites for hydroxylation is 2. The Balaban J connectivity index is 2.36. The molecule has 0 amide bonds. The number of aromatic hydroxyl groups is 1. The van der Waals surface area contributed by atoms with Gasteiger partial charge in [0, 0.05) is 18.2 Å². The predicted octanol–water partition coefficient (Wildman–Crippen LogP) is 4.01. The monoisotopic (exact) mass is 361 g/mol. The van der Waals surface area contributed by atoms with Gasteiger partial charge in [-0.05, 0) is 47.5 Å². The van der Waals surface area contributed by atoms with Gasteiger partial charge in [0.05, 0.1) is 15.9 Å². The van der Waals surface area contributed by atoms with Crippen LogP contribution in [-0.2, 0) is 7.05 Å². The molecule has 0 aliphatic heterocycles. The summed E-state index contributed by atoms with van der Waals surface area (Å²) in [5.41, 5.74) is 10.8. The van der Waals surface area contributed by atoms with Gasteiger partial charge in [-0.2, -0.15) is 0 Å². The van der Waals surface area contributed by atoms with Crippen molar-refractivity contribution in [2.24, 2.45) is 7.05 Å². The second-order valence-electron chi connectivity index (χ2n) is 5.23. The number of rotatable bonds is 2. The Bertz CT molecular complexity index is 828. The number of anilines is 1. The van der Waals surface area contributed by atoms with E-state index in [1.807, 2.05) is 37.6 Å². The molecule has 0 atom stereocenters. The van der Waals surface area contributed by atoms with Gasteiger partial charge >= 0.3 is 0 Å². The van der Waals surface area contributed by atoms with E-state index in [2.05, 4.69) is 21.1 Å². The number of benzene rings is 1. The fraction of sp³-hybridized carbons (Fsp3) is 0.188. The molecule has 5 nitrogen and oxygen atoms in total. The maximum atomic E-state index is 9.51. The first-order valence-electron chi connectivity index (χ1n) is 6.78. The maximum Gasteiger partial charge on any atom is 0.141 e. The van der Waals surface area contributed by atoms with Crippen molar-refractivity contribution in [3.8, 4) is 28.0 Å². The molecule has 0 bridgehead atoms. The molecular weight excluding hydrogens is 346 g/mol. The Hall–Kier alpha value is -2.21. The van der Waals surface area contributed by atoms with Crippen molar-refractivity contribution in [1.82, 2.24) is 9.72 Å². The average Bonchev–Trinajstić information content (AvgIpc) is 2.92. The van der Waals surface area contributed by atoms with Crippen molar-refractivity contribution in [3.63, 3.8) is 0 Å². The molecule has 0 saturated heterocycles. The number of halogens is 1. The molecule has 1 aromatic carbocycles. The molecule has 114 valence electrons. The first-order chi connectivity index (χ1) is 10.4. The van der Waals surface area contributed by atoms with Gasteiger partial charge < -0.3 is 19.9 Å². The van der Waals surface area contributed by atoms with E-state index in [0.717, 1.165) is 38.3 Å². The molecular formula is C16H16BrN3O2. The average molecular weight is 362 g/mol. The lowest BCUT2D eigenvalue weighted by molar-refractivity contribution is 0.393. The number of hydrogen-bond acceptors (Lipinski definition) is 4. The molecule has 2 heterocycles. The van der Waals surface area contributed by atoms with Gasteiger partial charge in [0.15, 0.2) is 0 Å². The zero-order valence-corrected chi connectivity index (χ0v) is 14.1. The molecule has 0 saturated carbocycles. The Morgan fingerprint density at radius 2 is 1.77 bits per heavy atom. The van der Waals surface area contributed by atoms with Crippen LogP contribution in [0, 0.1) is 13.8 Å². The van der Waals surface area contributed by atoms with Gasteiger partial charge in [-0.3, -0.25) is 0 Å². The first-order valence-corrected chi connectivity index (χ1v) is 7.57. The summed E-state index contributed by atoms with van der Waals surface area (Å²) in [7, 11) is 1.89. The predicted molar refractivity (Wildman–Crippen MR) is 89.6 cm³/mol. The quantitative estimate of drug-likeness (QED) is 0.722. The molecule has 0 fully saturated rings. The van der Waals surface area contributed by atoms with Crippen LogP contribution in [0.4, 0.5) is 5.82 Å². The number of aromatic nitrogens is 2. The largest absolute Gasteiger partial charge is 0.508 e. The maximum absolute atomic E-state index is 9.51. The lowest BCUT2D eigenvalue weighted by atomic mass is 9.97. The molecule has 0 aliphatic carbocycles. The summed E-state index contributed by atoms with van der Waals surface area (Å²) in [5.74, 6) is 1.58. The van der Waals surface area contributed by atoms with Crippen LogP contribution in [0.15, 0.2) is 33.4 Å². The zero-order chi connectivity index (χ0) is 16.0. The van der Waals surface area contributed by atoms with Crippen molar-refractivity contribution >= 4 is 21.7 Å². The van der Waals surface area contributed by atoms with Crippen molar-refractivity contribution in [1.29, 1.82) is 0 Å². The van der Waals surface area contributed by atoms with E-state index in [-0.39, 0.29) is 5.75 Å². The van der Waals surface area contributed by atoms with Crippen LogP contribution in [0.2, 0.25) is 0 Å². The SMILES string of the molecule is Cc1noc(C)c1-c1c(-c2ccc(O)cc2)c(Br)n(C)c1N. The fourth-order valence-corrected chi connectivity index (χ4v) is 3.28. The summed E-state index contributed by atoms with van der Waals surface area (Å²) in [4.78, 5) is 0. The second kappa shape index (κ2) is 5.21. The standard InChI is InChI=1S/C16H16BrN3O2/c1-8-12(9(2)22-19-8)14-13(15(17)20(3)16(14)18)10-4-6-11(21)7-5-10/h4-7,21H,18H2,1-3H3. The molecule has 2 aromatic heterocycles. The highest BCUT2D eigenvalue weighted by Crippen LogP contribution is 2.45. The van der Waals surface area contributed by atoms with Crippen LogP contribution < -0.4 is 5.73 Å². The van der Waals surface area contributed by atoms with Crippen LogP contribution >= 0.6 is 15.9 Å². The third-order valence-electron chi connectivity index (χ3n) is 3.81. The molecule has 3 N–H and O–H groups in total. The van der Waals surface area contributed by atoms with E-state index in [1.54, 1.807) is 12.1 Å². The Morgan fingerprint density at radius 1 is 1.14 bits per heavy atom. The summed E-state index contributed by atoms with van der Waals surface area (Å²) in [6, 6.07) is 7.03. The van der Waals surface area contributed by atoms with Gasteiger partial charge in [0.25, 0.3) is 0 Å². The molecule has 0 radical (unpaired) electrons. The van der Waals surface area contributed by atoms with E-state index in [4.69, 9.17) is 10.3 Å². The molecule has 3 rings (SSSR count). The van der Waals surface area contributed by atoms with Gasteiger partial charge in [0.1, 0.15) is 17.3 Å². The number of hydrogen-bond donors (Lipinski definition) is 2. The molecule has 0 spiro atoms. The van der Waals surface area contributed by atoms with Crippen molar-refractivity contribution in [2.75, 3.05) is 5.73 Å². The number of nitrogens with two attached hydrogens (primary N) is 1. The van der Waals surface area contributed by atoms with Crippen LogP contribution in [0.3, 0.4) is 0 Å². The Morgan fingerprint density at radius 3 is 2.32 bits per heavy atom. The van der Waals surface area contributed by atoms with E-state index in [0.29, 0.717) is 5.82 Å². The minimum Gasteiger partial charge on any atom is -0.508 e. The molecule has 3 aromatic rings. The van der Waals surface area contributed by atoms with Crippen LogP contribution in [0.5, 0.6) is 5.75 Å². The smallest absolute Gasteiger partial charge is 0.141 e. The number of phenols is 1. The van der Waals surface area contributed by atoms with Gasteiger partial charge in [-0.1, -0.05) is 17.3 Å². The van der Waals surface area contributed by atoms with E-state index in [1.165, 1.54) is 0 Å². The Labute approximate surface area is 136 Å². The van der Waals surface area contributed by atoms with Crippen LogP contribution in [0.25, 0.3) is 22.3 Å². The van der Waals surface area contributed by atoms with E-state index in [9.17, 15) is 5.11 Å². The zero-order valence-electron chi connectivity index (χ0n) is 12.5. The van der Waals surface area contributed by atoms with Crippen molar-refractivity contribution < 1.29 is 9.63 Å². The summed E-state index contributed by atoms with van der Waals surface area (Å²) < 4.78 is 8.04. The van der Waals surface area contributed by atoms with E-state index < -0.39 is 0 Å². The summed E-state index contributed by atoms with van der Waals surface area (Å²) >= 11 is 3.61. The minimum atomic E-state index is 0.225. The molecule has 0 unspecified atom stereocenters. The third-order valence-corrected chi connectivity index (χ3v) is 4.74. The number of phenolic OH excluding ortho intramolecular Hbond substituents is 1. The highest BCUT2D eigenvalue weighted by Gasteiger charge is 2.25. The van der Waals surface area contributed by atoms with Crippen molar-refractivity contribution in [3.05, 3.63) is 40.3 Å². The van der Waals surface area contributed by atoms with Crippen molar-refractivity contribution in [2.45, 2.75) is 13.8 Å². The minimum absolute atomic E-state index is 0.225. The van der Waals surface area contributed by atoms with Gasteiger partial charge in [0.2, 0.25) is 0 Å². The highest BCUT2D eigenvalue weighted by molar-refractivity contribution is 9.10. The van der Waals surface area contributed by atoms with E-state index >= 15 is 0 Å². The highest BCUT2D eigenvalue weighted by atomic mass is 79.9. The third kappa shape index (κ3) is 2.11. The van der Waals surface area contributed by atoms with Crippen LogP contribution in [0.1, 0.15) is 11.5 Å². The Kier molecular flexibility index (Phi) is 3.48. The fourth-order valence-electron chi connectivity index (χ4n) is 2.66. The molecule has 0 aliphatic rings. The first kappa shape index (κ1) is 14.7. The topological polar surface area (TPSA) is 77.2 Å². The van der Waals surface area contributed by atoms with Gasteiger partial charge in [-0.25, -0.2) is 0 Å². The lowest BCUT2D eigenvalue weighted by Crippen LogP contribution is -1.97. The summed E-state index contributed by atoms with van der Waals surface area (Å²) in [5, 5.41) is 13.5. The second-order valence-corrected chi connectivity index (χ2v) is 5.98. The molecule has 22 heavy (non-hydrogen) atoms. The lowest BCUT2D eigenvalue weighted by Gasteiger charge is -2.06. The normalized spacial score (nSPS) is 11.1.